The summed E-state index contributed by atoms with van der Waals surface area (Å²) in [7, 11) is -3.86. The second-order valence-electron chi connectivity index (χ2n) is 7.04. The van der Waals surface area contributed by atoms with E-state index in [9.17, 15) is 22.4 Å². The topological polar surface area (TPSA) is 108 Å². The van der Waals surface area contributed by atoms with Gasteiger partial charge in [0, 0.05) is 37.6 Å². The third-order valence-corrected chi connectivity index (χ3v) is 6.98. The minimum Gasteiger partial charge on any atom is -0.379 e. The molecule has 11 heteroatoms. The number of carbonyl (C=O) groups is 2. The van der Waals surface area contributed by atoms with Gasteiger partial charge in [-0.05, 0) is 42.5 Å². The van der Waals surface area contributed by atoms with E-state index in [0.717, 1.165) is 18.2 Å². The molecule has 4 rings (SSSR count). The maximum Gasteiger partial charge on any atom is 0.321 e. The Kier molecular flexibility index (Phi) is 5.90. The molecule has 31 heavy (non-hydrogen) atoms. The van der Waals surface area contributed by atoms with Gasteiger partial charge in [0.25, 0.3) is 5.91 Å². The second-order valence-corrected chi connectivity index (χ2v) is 8.98. The van der Waals surface area contributed by atoms with Crippen molar-refractivity contribution in [2.24, 2.45) is 0 Å². The fourth-order valence-corrected chi connectivity index (χ4v) is 4.85. The van der Waals surface area contributed by atoms with Gasteiger partial charge in [0.15, 0.2) is 0 Å². The summed E-state index contributed by atoms with van der Waals surface area (Å²) in [6, 6.07) is 9.46. The smallest absolute Gasteiger partial charge is 0.321 e. The minimum atomic E-state index is -3.86. The van der Waals surface area contributed by atoms with Crippen molar-refractivity contribution in [3.05, 3.63) is 53.8 Å². The molecule has 0 spiro atoms. The molecule has 9 nitrogen and oxygen atoms in total. The van der Waals surface area contributed by atoms with Crippen LogP contribution in [-0.2, 0) is 14.8 Å². The van der Waals surface area contributed by atoms with Crippen LogP contribution in [0.3, 0.4) is 0 Å². The molecule has 2 aliphatic heterocycles. The molecule has 3 amide bonds. The third kappa shape index (κ3) is 4.38. The Hall–Kier alpha value is -3.02. The summed E-state index contributed by atoms with van der Waals surface area (Å²) in [4.78, 5) is 25.8. The SMILES string of the molecule is O=C(Nc1ccc(N2CCNC2=O)cc1)c1cc(S(=O)(=O)N2CCOCC2)ccc1F. The van der Waals surface area contributed by atoms with Crippen LogP contribution in [0.1, 0.15) is 10.4 Å². The highest BCUT2D eigenvalue weighted by atomic mass is 32.2. The number of nitrogens with zero attached hydrogens (tertiary/aromatic N) is 2. The lowest BCUT2D eigenvalue weighted by Gasteiger charge is -2.26. The van der Waals surface area contributed by atoms with Crippen molar-refractivity contribution in [1.82, 2.24) is 9.62 Å². The lowest BCUT2D eigenvalue weighted by Crippen LogP contribution is -2.40. The van der Waals surface area contributed by atoms with Crippen LogP contribution in [0, 0.1) is 5.82 Å². The number of carbonyl (C=O) groups excluding carboxylic acids is 2. The van der Waals surface area contributed by atoms with E-state index in [2.05, 4.69) is 10.6 Å². The summed E-state index contributed by atoms with van der Waals surface area (Å²) in [5.74, 6) is -1.60. The molecule has 0 aromatic heterocycles. The highest BCUT2D eigenvalue weighted by Gasteiger charge is 2.28. The number of morpholine rings is 1. The fourth-order valence-electron chi connectivity index (χ4n) is 3.42. The van der Waals surface area contributed by atoms with Crippen LogP contribution < -0.4 is 15.5 Å². The first kappa shape index (κ1) is 21.2. The number of hydrogen-bond donors (Lipinski definition) is 2. The second kappa shape index (κ2) is 8.61. The summed E-state index contributed by atoms with van der Waals surface area (Å²) < 4.78 is 46.3. The quantitative estimate of drug-likeness (QED) is 0.723. The Labute approximate surface area is 178 Å². The number of amides is 3. The highest BCUT2D eigenvalue weighted by molar-refractivity contribution is 7.89. The van der Waals surface area contributed by atoms with E-state index in [1.807, 2.05) is 0 Å². The molecular weight excluding hydrogens is 427 g/mol. The van der Waals surface area contributed by atoms with E-state index in [4.69, 9.17) is 4.74 Å². The van der Waals surface area contributed by atoms with E-state index in [1.165, 1.54) is 4.31 Å². The zero-order chi connectivity index (χ0) is 22.0. The van der Waals surface area contributed by atoms with Crippen LogP contribution in [0.4, 0.5) is 20.6 Å². The molecule has 2 fully saturated rings. The first-order chi connectivity index (χ1) is 14.9. The number of rotatable bonds is 5. The maximum atomic E-state index is 14.3. The molecule has 2 N–H and O–H groups in total. The van der Waals surface area contributed by atoms with Crippen LogP contribution in [0.5, 0.6) is 0 Å². The van der Waals surface area contributed by atoms with Gasteiger partial charge in [-0.25, -0.2) is 17.6 Å². The van der Waals surface area contributed by atoms with Crippen molar-refractivity contribution < 1.29 is 27.1 Å². The van der Waals surface area contributed by atoms with E-state index in [0.29, 0.717) is 24.5 Å². The molecule has 2 aromatic rings. The van der Waals surface area contributed by atoms with E-state index >= 15 is 0 Å². The number of hydrogen-bond acceptors (Lipinski definition) is 5. The molecule has 0 unspecified atom stereocenters. The minimum absolute atomic E-state index is 0.156. The Balaban J connectivity index is 1.52. The first-order valence-corrected chi connectivity index (χ1v) is 11.1. The molecule has 164 valence electrons. The number of urea groups is 1. The average molecular weight is 448 g/mol. The molecule has 2 aromatic carbocycles. The zero-order valence-corrected chi connectivity index (χ0v) is 17.3. The first-order valence-electron chi connectivity index (χ1n) is 9.70. The van der Waals surface area contributed by atoms with Crippen molar-refractivity contribution in [1.29, 1.82) is 0 Å². The summed E-state index contributed by atoms with van der Waals surface area (Å²) >= 11 is 0. The van der Waals surface area contributed by atoms with E-state index in [-0.39, 0.29) is 42.8 Å². The Morgan fingerprint density at radius 3 is 2.42 bits per heavy atom. The Bertz CT molecular complexity index is 1100. The number of halogens is 1. The largest absolute Gasteiger partial charge is 0.379 e. The number of benzene rings is 2. The van der Waals surface area contributed by atoms with Crippen molar-refractivity contribution in [3.8, 4) is 0 Å². The maximum absolute atomic E-state index is 14.3. The fraction of sp³-hybridized carbons (Fsp3) is 0.300. The molecule has 0 radical (unpaired) electrons. The van der Waals surface area contributed by atoms with Crippen molar-refractivity contribution >= 4 is 33.3 Å². The number of nitrogens with one attached hydrogen (secondary N) is 2. The van der Waals surface area contributed by atoms with Gasteiger partial charge in [-0.2, -0.15) is 4.31 Å². The normalized spacial score (nSPS) is 17.5. The molecule has 0 atom stereocenters. The summed E-state index contributed by atoms with van der Waals surface area (Å²) in [5.41, 5.74) is 0.671. The van der Waals surface area contributed by atoms with E-state index < -0.39 is 21.7 Å². The van der Waals surface area contributed by atoms with Crippen molar-refractivity contribution in [2.75, 3.05) is 49.6 Å². The lowest BCUT2D eigenvalue weighted by atomic mass is 10.2. The molecule has 2 heterocycles. The standard InChI is InChI=1S/C20H21FN4O5S/c21-18-6-5-16(31(28,29)24-9-11-30-12-10-24)13-17(18)19(26)23-14-1-3-15(4-2-14)25-8-7-22-20(25)27/h1-6,13H,7-12H2,(H,22,27)(H,23,26). The van der Waals surface area contributed by atoms with Crippen molar-refractivity contribution in [2.45, 2.75) is 4.90 Å². The number of ether oxygens (including phenoxy) is 1. The predicted molar refractivity (Wildman–Crippen MR) is 111 cm³/mol. The van der Waals surface area contributed by atoms with Gasteiger partial charge in [-0.1, -0.05) is 0 Å². The highest BCUT2D eigenvalue weighted by Crippen LogP contribution is 2.23. The lowest BCUT2D eigenvalue weighted by molar-refractivity contribution is 0.0730. The van der Waals surface area contributed by atoms with Crippen LogP contribution in [0.15, 0.2) is 47.4 Å². The van der Waals surface area contributed by atoms with Crippen molar-refractivity contribution in [3.63, 3.8) is 0 Å². The Morgan fingerprint density at radius 2 is 1.77 bits per heavy atom. The monoisotopic (exact) mass is 448 g/mol. The third-order valence-electron chi connectivity index (χ3n) is 5.08. The van der Waals surface area contributed by atoms with Gasteiger partial charge in [-0.3, -0.25) is 9.69 Å². The van der Waals surface area contributed by atoms with Gasteiger partial charge < -0.3 is 15.4 Å². The summed E-state index contributed by atoms with van der Waals surface area (Å²) in [6.45, 7) is 2.05. The predicted octanol–water partition coefficient (Wildman–Crippen LogP) is 1.63. The van der Waals surface area contributed by atoms with E-state index in [1.54, 1.807) is 29.2 Å². The molecule has 2 aliphatic rings. The van der Waals surface area contributed by atoms with Crippen LogP contribution >= 0.6 is 0 Å². The summed E-state index contributed by atoms with van der Waals surface area (Å²) in [6.07, 6.45) is 0. The van der Waals surface area contributed by atoms with Crippen LogP contribution in [0.25, 0.3) is 0 Å². The van der Waals surface area contributed by atoms with Crippen LogP contribution in [0.2, 0.25) is 0 Å². The van der Waals surface area contributed by atoms with Crippen LogP contribution in [-0.4, -0.2) is 64.1 Å². The average Bonchev–Trinajstić information content (AvgIpc) is 3.21. The summed E-state index contributed by atoms with van der Waals surface area (Å²) in [5, 5.41) is 5.26. The molecule has 0 aliphatic carbocycles. The van der Waals surface area contributed by atoms with Gasteiger partial charge in [-0.15, -0.1) is 0 Å². The van der Waals surface area contributed by atoms with Gasteiger partial charge in [0.1, 0.15) is 5.82 Å². The zero-order valence-electron chi connectivity index (χ0n) is 16.5. The Morgan fingerprint density at radius 1 is 1.06 bits per heavy atom. The van der Waals surface area contributed by atoms with Gasteiger partial charge in [0.2, 0.25) is 10.0 Å². The number of anilines is 2. The molecular formula is C20H21FN4O5S. The molecule has 0 saturated carbocycles. The number of sulfonamides is 1. The molecule has 2 saturated heterocycles. The van der Waals surface area contributed by atoms with Gasteiger partial charge >= 0.3 is 6.03 Å². The van der Waals surface area contributed by atoms with Gasteiger partial charge in [0.05, 0.1) is 23.7 Å². The molecule has 0 bridgehead atoms.